The van der Waals surface area contributed by atoms with Crippen LogP contribution >= 0.6 is 11.3 Å². The number of ether oxygens (including phenoxy) is 2. The molecule has 1 aromatic heterocycles. The highest BCUT2D eigenvalue weighted by Crippen LogP contribution is 2.36. The molecule has 3 atom stereocenters. The number of aromatic nitrogens is 1. The highest BCUT2D eigenvalue weighted by molar-refractivity contribution is 7.14. The zero-order valence-electron chi connectivity index (χ0n) is 32.1. The van der Waals surface area contributed by atoms with E-state index < -0.39 is 59.8 Å². The molecule has 2 aromatic rings. The summed E-state index contributed by atoms with van der Waals surface area (Å²) >= 11 is 1.37. The first kappa shape index (κ1) is 42.7. The predicted octanol–water partition coefficient (Wildman–Crippen LogP) is 2.10. The Kier molecular flexibility index (Phi) is 16.2. The maximum atomic E-state index is 14.8. The van der Waals surface area contributed by atoms with Crippen LogP contribution in [0.25, 0.3) is 11.3 Å². The number of unbranched alkanes of at least 4 members (excludes halogenated alkanes) is 1. The number of benzene rings is 1. The number of carbonyl (C=O) groups excluding carboxylic acids is 5. The Labute approximate surface area is 330 Å². The predicted molar refractivity (Wildman–Crippen MR) is 206 cm³/mol. The van der Waals surface area contributed by atoms with Gasteiger partial charge in [0.15, 0.2) is 23.3 Å². The van der Waals surface area contributed by atoms with E-state index in [0.29, 0.717) is 70.8 Å². The van der Waals surface area contributed by atoms with Crippen LogP contribution < -0.4 is 36.2 Å². The molecule has 1 aliphatic carbocycles. The van der Waals surface area contributed by atoms with E-state index in [1.54, 1.807) is 24.3 Å². The number of amides is 5. The van der Waals surface area contributed by atoms with Crippen molar-refractivity contribution in [1.82, 2.24) is 36.5 Å². The minimum absolute atomic E-state index is 0.00316. The second-order valence-corrected chi connectivity index (χ2v) is 15.2. The average Bonchev–Trinajstić information content (AvgIpc) is 3.92. The van der Waals surface area contributed by atoms with E-state index in [1.165, 1.54) is 17.4 Å². The number of rotatable bonds is 18. The van der Waals surface area contributed by atoms with Gasteiger partial charge in [0.05, 0.1) is 31.5 Å². The molecule has 3 fully saturated rings. The number of hydrogen-bond acceptors (Lipinski definition) is 11. The van der Waals surface area contributed by atoms with E-state index in [4.69, 9.17) is 9.47 Å². The number of likely N-dealkylation sites (tertiary alicyclic amines) is 1. The van der Waals surface area contributed by atoms with Crippen LogP contribution in [0.15, 0.2) is 17.5 Å². The molecule has 3 heterocycles. The van der Waals surface area contributed by atoms with Gasteiger partial charge in [-0.25, -0.2) is 9.37 Å². The van der Waals surface area contributed by atoms with Crippen LogP contribution in [0.2, 0.25) is 0 Å². The second-order valence-electron chi connectivity index (χ2n) is 14.4. The van der Waals surface area contributed by atoms with E-state index in [9.17, 15) is 32.8 Å². The maximum Gasteiger partial charge on any atom is 0.257 e. The molecule has 1 aromatic carbocycles. The summed E-state index contributed by atoms with van der Waals surface area (Å²) in [5, 5.41) is 16.4. The van der Waals surface area contributed by atoms with Gasteiger partial charge in [-0.1, -0.05) is 19.3 Å². The van der Waals surface area contributed by atoms with Crippen molar-refractivity contribution in [1.29, 1.82) is 0 Å². The van der Waals surface area contributed by atoms with Gasteiger partial charge in [-0.3, -0.25) is 24.0 Å². The average molecular weight is 805 g/mol. The molecule has 0 bridgehead atoms. The van der Waals surface area contributed by atoms with E-state index in [-0.39, 0.29) is 36.4 Å². The number of nitrogens with one attached hydrogen (secondary N) is 5. The third kappa shape index (κ3) is 11.6. The fourth-order valence-electron chi connectivity index (χ4n) is 7.14. The van der Waals surface area contributed by atoms with Crippen molar-refractivity contribution < 1.29 is 42.2 Å². The van der Waals surface area contributed by atoms with Crippen molar-refractivity contribution in [2.75, 3.05) is 71.0 Å². The summed E-state index contributed by atoms with van der Waals surface area (Å²) in [4.78, 5) is 73.0. The molecule has 5 amide bonds. The Hall–Kier alpha value is -4.42. The molecule has 3 aliphatic rings. The van der Waals surface area contributed by atoms with E-state index in [2.05, 4.69) is 36.5 Å². The minimum Gasteiger partial charge on any atom is -0.480 e. The maximum absolute atomic E-state index is 14.8. The third-order valence-electron chi connectivity index (χ3n) is 10.5. The van der Waals surface area contributed by atoms with Gasteiger partial charge < -0.3 is 45.9 Å². The molecule has 0 radical (unpaired) electrons. The first-order valence-corrected chi connectivity index (χ1v) is 20.4. The van der Waals surface area contributed by atoms with Gasteiger partial charge in [-0.05, 0) is 70.5 Å². The highest BCUT2D eigenvalue weighted by atomic mass is 32.1. The van der Waals surface area contributed by atoms with Crippen LogP contribution in [0, 0.1) is 17.6 Å². The topological polar surface area (TPSA) is 183 Å². The molecular weight excluding hydrogens is 751 g/mol. The standard InChI is InChI=1S/C38H54F2N8O7S/c1-24(41-2)35(51)46-33(25-9-4-3-5-10-25)37(53)48-16-8-11-29(48)36(52)44-21-30(49)42-14-6-7-15-43-31(50)22-55-34-26(12-13-27(39)32(34)40)28-23-56-38(45-28)47-17-19-54-20-18-47/h12-13,23-25,29,33,41H,3-11,14-22H2,1-2H3,(H,42,49)(H,43,50)(H,44,52)(H,46,51)/t24-,29?,33-/m0/s1. The van der Waals surface area contributed by atoms with Crippen molar-refractivity contribution in [3.05, 3.63) is 29.1 Å². The number of carbonyl (C=O) groups is 5. The fraction of sp³-hybridized carbons (Fsp3) is 0.632. The van der Waals surface area contributed by atoms with Gasteiger partial charge in [0, 0.05) is 43.7 Å². The van der Waals surface area contributed by atoms with Gasteiger partial charge in [-0.15, -0.1) is 11.3 Å². The lowest BCUT2D eigenvalue weighted by Gasteiger charge is -2.35. The Morgan fingerprint density at radius 1 is 0.946 bits per heavy atom. The first-order valence-electron chi connectivity index (χ1n) is 19.6. The van der Waals surface area contributed by atoms with E-state index in [1.807, 2.05) is 0 Å². The van der Waals surface area contributed by atoms with Gasteiger partial charge in [0.2, 0.25) is 29.4 Å². The summed E-state index contributed by atoms with van der Waals surface area (Å²) in [6, 6.07) is 0.465. The van der Waals surface area contributed by atoms with Gasteiger partial charge >= 0.3 is 0 Å². The van der Waals surface area contributed by atoms with Crippen molar-refractivity contribution in [2.24, 2.45) is 5.92 Å². The van der Waals surface area contributed by atoms with Gasteiger partial charge in [-0.2, -0.15) is 4.39 Å². The zero-order chi connectivity index (χ0) is 40.0. The molecule has 1 saturated carbocycles. The molecule has 15 nitrogen and oxygen atoms in total. The molecule has 1 unspecified atom stereocenters. The van der Waals surface area contributed by atoms with Crippen LogP contribution in [-0.4, -0.2) is 124 Å². The largest absolute Gasteiger partial charge is 0.480 e. The van der Waals surface area contributed by atoms with Crippen LogP contribution in [0.3, 0.4) is 0 Å². The number of halogens is 2. The Morgan fingerprint density at radius 2 is 1.66 bits per heavy atom. The first-order chi connectivity index (χ1) is 27.1. The molecule has 5 N–H and O–H groups in total. The number of hydrogen-bond donors (Lipinski definition) is 5. The number of morpholine rings is 1. The summed E-state index contributed by atoms with van der Waals surface area (Å²) < 4.78 is 39.8. The minimum atomic E-state index is -1.21. The van der Waals surface area contributed by atoms with Crippen molar-refractivity contribution in [2.45, 2.75) is 82.8 Å². The van der Waals surface area contributed by atoms with Crippen LogP contribution in [0.5, 0.6) is 5.75 Å². The molecule has 56 heavy (non-hydrogen) atoms. The molecule has 0 spiro atoms. The monoisotopic (exact) mass is 804 g/mol. The van der Waals surface area contributed by atoms with Crippen LogP contribution in [0.4, 0.5) is 13.9 Å². The normalized spacial score (nSPS) is 18.5. The number of thiazole rings is 1. The summed E-state index contributed by atoms with van der Waals surface area (Å²) in [6.45, 7) is 4.37. The number of nitrogens with zero attached hydrogens (tertiary/aromatic N) is 3. The molecule has 18 heteroatoms. The van der Waals surface area contributed by atoms with Crippen molar-refractivity contribution in [3.8, 4) is 17.0 Å². The summed E-state index contributed by atoms with van der Waals surface area (Å²) in [5.41, 5.74) is 0.639. The molecule has 308 valence electrons. The highest BCUT2D eigenvalue weighted by Gasteiger charge is 2.41. The van der Waals surface area contributed by atoms with Gasteiger partial charge in [0.25, 0.3) is 5.91 Å². The van der Waals surface area contributed by atoms with Crippen molar-refractivity contribution in [3.63, 3.8) is 0 Å². The molecule has 5 rings (SSSR count). The van der Waals surface area contributed by atoms with Crippen molar-refractivity contribution >= 4 is 46.0 Å². The lowest BCUT2D eigenvalue weighted by molar-refractivity contribution is -0.143. The van der Waals surface area contributed by atoms with E-state index in [0.717, 1.165) is 43.3 Å². The molecule has 2 aliphatic heterocycles. The van der Waals surface area contributed by atoms with E-state index >= 15 is 0 Å². The molecule has 2 saturated heterocycles. The summed E-state index contributed by atoms with van der Waals surface area (Å²) in [6.07, 6.45) is 6.87. The third-order valence-corrected chi connectivity index (χ3v) is 11.4. The lowest BCUT2D eigenvalue weighted by atomic mass is 9.83. The van der Waals surface area contributed by atoms with Crippen LogP contribution in [-0.2, 0) is 28.7 Å². The lowest BCUT2D eigenvalue weighted by Crippen LogP contribution is -2.58. The van der Waals surface area contributed by atoms with Crippen LogP contribution in [0.1, 0.15) is 64.7 Å². The summed E-state index contributed by atoms with van der Waals surface area (Å²) in [7, 11) is 1.68. The quantitative estimate of drug-likeness (QED) is 0.140. The Balaban J connectivity index is 1.00. The zero-order valence-corrected chi connectivity index (χ0v) is 32.9. The number of anilines is 1. The molecular formula is C38H54F2N8O7S. The fourth-order valence-corrected chi connectivity index (χ4v) is 8.02. The Morgan fingerprint density at radius 3 is 2.38 bits per heavy atom. The SMILES string of the molecule is CN[C@@H](C)C(=O)N[C@H](C(=O)N1CCCC1C(=O)NCC(=O)NCCCCNC(=O)COc1c(-c2csc(N3CCOCC3)n2)ccc(F)c1F)C1CCCCC1. The summed E-state index contributed by atoms with van der Waals surface area (Å²) in [5.74, 6) is -4.56. The number of likely N-dealkylation sites (N-methyl/N-ethyl adjacent to an activating group) is 1. The van der Waals surface area contributed by atoms with Gasteiger partial charge in [0.1, 0.15) is 12.1 Å². The smallest absolute Gasteiger partial charge is 0.257 e. The Bertz CT molecular complexity index is 1670. The second kappa shape index (κ2) is 21.2.